The van der Waals surface area contributed by atoms with Crippen molar-refractivity contribution < 1.29 is 9.50 Å². The number of aryl methyl sites for hydroxylation is 2. The van der Waals surface area contributed by atoms with Crippen LogP contribution in [0.15, 0.2) is 36.4 Å². The lowest BCUT2D eigenvalue weighted by molar-refractivity contribution is 0.220. The molecule has 0 aromatic heterocycles. The van der Waals surface area contributed by atoms with Crippen molar-refractivity contribution in [3.8, 4) is 0 Å². The van der Waals surface area contributed by atoms with Gasteiger partial charge in [-0.1, -0.05) is 35.9 Å². The van der Waals surface area contributed by atoms with Crippen LogP contribution in [0.25, 0.3) is 0 Å². The summed E-state index contributed by atoms with van der Waals surface area (Å²) in [6, 6.07) is 10.1. The van der Waals surface area contributed by atoms with Crippen LogP contribution in [-0.2, 0) is 0 Å². The summed E-state index contributed by atoms with van der Waals surface area (Å²) in [7, 11) is 0. The van der Waals surface area contributed by atoms with Gasteiger partial charge in [-0.05, 0) is 42.7 Å². The van der Waals surface area contributed by atoms with Gasteiger partial charge < -0.3 is 5.11 Å². The van der Waals surface area contributed by atoms with E-state index >= 15 is 0 Å². The van der Waals surface area contributed by atoms with Crippen LogP contribution >= 0.6 is 11.6 Å². The van der Waals surface area contributed by atoms with E-state index in [1.54, 1.807) is 31.2 Å². The maximum Gasteiger partial charge on any atom is 0.126 e. The standard InChI is InChI=1S/C15H14ClFO/c1-9-3-6-12(13(16)7-9)15(18)11-5-4-10(2)14(17)8-11/h3-8,15,18H,1-2H3. The Hall–Kier alpha value is -1.38. The van der Waals surface area contributed by atoms with Crippen molar-refractivity contribution in [3.63, 3.8) is 0 Å². The lowest BCUT2D eigenvalue weighted by Gasteiger charge is -2.14. The highest BCUT2D eigenvalue weighted by atomic mass is 35.5. The molecule has 1 atom stereocenters. The Labute approximate surface area is 111 Å². The molecular weight excluding hydrogens is 251 g/mol. The fourth-order valence-corrected chi connectivity index (χ4v) is 2.15. The van der Waals surface area contributed by atoms with Gasteiger partial charge in [0.2, 0.25) is 0 Å². The van der Waals surface area contributed by atoms with E-state index in [2.05, 4.69) is 0 Å². The quantitative estimate of drug-likeness (QED) is 0.863. The molecule has 0 bridgehead atoms. The molecule has 0 aliphatic heterocycles. The highest BCUT2D eigenvalue weighted by Crippen LogP contribution is 2.29. The van der Waals surface area contributed by atoms with Gasteiger partial charge in [0.15, 0.2) is 0 Å². The number of halogens is 2. The van der Waals surface area contributed by atoms with Gasteiger partial charge in [-0.2, -0.15) is 0 Å². The van der Waals surface area contributed by atoms with E-state index in [0.717, 1.165) is 5.56 Å². The van der Waals surface area contributed by atoms with Crippen LogP contribution in [0.1, 0.15) is 28.4 Å². The Balaban J connectivity index is 2.41. The topological polar surface area (TPSA) is 20.2 Å². The Bertz CT molecular complexity index is 581. The fourth-order valence-electron chi connectivity index (χ4n) is 1.81. The Morgan fingerprint density at radius 2 is 1.83 bits per heavy atom. The second-order valence-corrected chi connectivity index (χ2v) is 4.84. The molecule has 0 amide bonds. The smallest absolute Gasteiger partial charge is 0.126 e. The van der Waals surface area contributed by atoms with Crippen LogP contribution in [0, 0.1) is 19.7 Å². The third-order valence-corrected chi connectivity index (χ3v) is 3.29. The van der Waals surface area contributed by atoms with Gasteiger partial charge in [0.05, 0.1) is 0 Å². The lowest BCUT2D eigenvalue weighted by Crippen LogP contribution is -2.02. The van der Waals surface area contributed by atoms with Crippen molar-refractivity contribution in [2.45, 2.75) is 20.0 Å². The summed E-state index contributed by atoms with van der Waals surface area (Å²) in [5.41, 5.74) is 2.67. The van der Waals surface area contributed by atoms with Gasteiger partial charge in [-0.15, -0.1) is 0 Å². The maximum absolute atomic E-state index is 13.5. The summed E-state index contributed by atoms with van der Waals surface area (Å²) >= 11 is 6.09. The molecule has 0 saturated carbocycles. The van der Waals surface area contributed by atoms with E-state index in [1.165, 1.54) is 6.07 Å². The van der Waals surface area contributed by atoms with E-state index in [4.69, 9.17) is 11.6 Å². The van der Waals surface area contributed by atoms with Crippen molar-refractivity contribution in [3.05, 3.63) is 69.5 Å². The first-order valence-corrected chi connectivity index (χ1v) is 6.07. The molecule has 18 heavy (non-hydrogen) atoms. The van der Waals surface area contributed by atoms with Gasteiger partial charge in [0, 0.05) is 10.6 Å². The van der Waals surface area contributed by atoms with Crippen LogP contribution in [0.4, 0.5) is 4.39 Å². The summed E-state index contributed by atoms with van der Waals surface area (Å²) in [5, 5.41) is 10.7. The molecule has 0 aliphatic carbocycles. The van der Waals surface area contributed by atoms with Crippen molar-refractivity contribution in [1.82, 2.24) is 0 Å². The summed E-state index contributed by atoms with van der Waals surface area (Å²) < 4.78 is 13.5. The summed E-state index contributed by atoms with van der Waals surface area (Å²) in [6.07, 6.45) is -0.909. The zero-order valence-corrected chi connectivity index (χ0v) is 11.0. The maximum atomic E-state index is 13.5. The van der Waals surface area contributed by atoms with E-state index in [1.807, 2.05) is 13.0 Å². The number of hydrogen-bond acceptors (Lipinski definition) is 1. The number of benzene rings is 2. The predicted molar refractivity (Wildman–Crippen MR) is 71.4 cm³/mol. The molecule has 1 N–H and O–H groups in total. The first-order valence-electron chi connectivity index (χ1n) is 5.69. The van der Waals surface area contributed by atoms with E-state index in [-0.39, 0.29) is 5.82 Å². The minimum atomic E-state index is -0.909. The number of aliphatic hydroxyl groups is 1. The molecule has 3 heteroatoms. The molecule has 0 saturated heterocycles. The molecule has 0 spiro atoms. The second kappa shape index (κ2) is 5.09. The monoisotopic (exact) mass is 264 g/mol. The average Bonchev–Trinajstić information content (AvgIpc) is 2.32. The Kier molecular flexibility index (Phi) is 3.69. The number of aliphatic hydroxyl groups excluding tert-OH is 1. The van der Waals surface area contributed by atoms with Gasteiger partial charge in [-0.3, -0.25) is 0 Å². The molecule has 0 radical (unpaired) electrons. The third kappa shape index (κ3) is 2.55. The molecular formula is C15H14ClFO. The minimum Gasteiger partial charge on any atom is -0.384 e. The highest BCUT2D eigenvalue weighted by Gasteiger charge is 2.15. The second-order valence-electron chi connectivity index (χ2n) is 4.44. The van der Waals surface area contributed by atoms with Crippen molar-refractivity contribution in [2.24, 2.45) is 0 Å². The zero-order valence-electron chi connectivity index (χ0n) is 10.2. The molecule has 94 valence electrons. The van der Waals surface area contributed by atoms with Gasteiger partial charge >= 0.3 is 0 Å². The van der Waals surface area contributed by atoms with E-state index in [9.17, 15) is 9.50 Å². The van der Waals surface area contributed by atoms with Crippen molar-refractivity contribution >= 4 is 11.6 Å². The SMILES string of the molecule is Cc1ccc(C(O)c2ccc(C)c(F)c2)c(Cl)c1. The molecule has 2 aromatic rings. The van der Waals surface area contributed by atoms with Crippen LogP contribution in [0.2, 0.25) is 5.02 Å². The molecule has 1 nitrogen and oxygen atoms in total. The molecule has 0 heterocycles. The Morgan fingerprint density at radius 3 is 2.44 bits per heavy atom. The summed E-state index contributed by atoms with van der Waals surface area (Å²) in [6.45, 7) is 3.61. The Morgan fingerprint density at radius 1 is 1.11 bits per heavy atom. The third-order valence-electron chi connectivity index (χ3n) is 2.96. The van der Waals surface area contributed by atoms with Gasteiger partial charge in [0.1, 0.15) is 11.9 Å². The van der Waals surface area contributed by atoms with E-state index in [0.29, 0.717) is 21.7 Å². The van der Waals surface area contributed by atoms with E-state index < -0.39 is 6.10 Å². The van der Waals surface area contributed by atoms with Crippen molar-refractivity contribution in [2.75, 3.05) is 0 Å². The minimum absolute atomic E-state index is 0.324. The summed E-state index contributed by atoms with van der Waals surface area (Å²) in [5.74, 6) is -0.324. The highest BCUT2D eigenvalue weighted by molar-refractivity contribution is 6.31. The number of hydrogen-bond donors (Lipinski definition) is 1. The van der Waals surface area contributed by atoms with Crippen LogP contribution in [-0.4, -0.2) is 5.11 Å². The normalized spacial score (nSPS) is 12.5. The first kappa shape index (κ1) is 13.1. The fraction of sp³-hybridized carbons (Fsp3) is 0.200. The van der Waals surface area contributed by atoms with Crippen LogP contribution in [0.5, 0.6) is 0 Å². The van der Waals surface area contributed by atoms with Crippen LogP contribution < -0.4 is 0 Å². The largest absolute Gasteiger partial charge is 0.384 e. The molecule has 1 unspecified atom stereocenters. The molecule has 2 aromatic carbocycles. The lowest BCUT2D eigenvalue weighted by atomic mass is 9.99. The summed E-state index contributed by atoms with van der Waals surface area (Å²) in [4.78, 5) is 0. The number of rotatable bonds is 2. The van der Waals surface area contributed by atoms with Crippen molar-refractivity contribution in [1.29, 1.82) is 0 Å². The van der Waals surface area contributed by atoms with Gasteiger partial charge in [0.25, 0.3) is 0 Å². The van der Waals surface area contributed by atoms with Crippen LogP contribution in [0.3, 0.4) is 0 Å². The average molecular weight is 265 g/mol. The first-order chi connectivity index (χ1) is 8.49. The predicted octanol–water partition coefficient (Wildman–Crippen LogP) is 4.18. The molecule has 0 aliphatic rings. The molecule has 2 rings (SSSR count). The van der Waals surface area contributed by atoms with Gasteiger partial charge in [-0.25, -0.2) is 4.39 Å². The molecule has 0 fully saturated rings. The zero-order chi connectivity index (χ0) is 13.3.